The lowest BCUT2D eigenvalue weighted by Crippen LogP contribution is -2.01. The summed E-state index contributed by atoms with van der Waals surface area (Å²) in [7, 11) is 4.39. The number of fused-ring (bicyclic) bond motifs is 2. The van der Waals surface area contributed by atoms with Crippen molar-refractivity contribution in [1.29, 1.82) is 0 Å². The van der Waals surface area contributed by atoms with E-state index >= 15 is 0 Å². The molecule has 0 saturated heterocycles. The van der Waals surface area contributed by atoms with E-state index in [1.165, 1.54) is 36.9 Å². The molecule has 5 nitrogen and oxygen atoms in total. The fourth-order valence-corrected chi connectivity index (χ4v) is 5.24. The van der Waals surface area contributed by atoms with E-state index < -0.39 is 0 Å². The van der Waals surface area contributed by atoms with E-state index in [1.54, 1.807) is 7.11 Å². The molecule has 2 aromatic rings. The van der Waals surface area contributed by atoms with Crippen LogP contribution in [0.4, 0.5) is 0 Å². The summed E-state index contributed by atoms with van der Waals surface area (Å²) in [4.78, 5) is 26.7. The number of carbonyl (C=O) groups is 2. The summed E-state index contributed by atoms with van der Waals surface area (Å²) in [5.41, 5.74) is 2.20. The lowest BCUT2D eigenvalue weighted by molar-refractivity contribution is 0.0597. The molecule has 0 fully saturated rings. The van der Waals surface area contributed by atoms with Crippen molar-refractivity contribution < 1.29 is 23.8 Å². The molecule has 3 rings (SSSR count). The molecule has 0 atom stereocenters. The molecule has 0 saturated carbocycles. The van der Waals surface area contributed by atoms with Crippen molar-refractivity contribution in [2.45, 2.75) is 18.9 Å². The summed E-state index contributed by atoms with van der Waals surface area (Å²) in [5, 5.41) is 0. The number of thiophene rings is 2. The molecule has 0 amide bonds. The van der Waals surface area contributed by atoms with Crippen LogP contribution in [0, 0.1) is 0 Å². The van der Waals surface area contributed by atoms with Crippen molar-refractivity contribution in [2.24, 2.45) is 0 Å². The van der Waals surface area contributed by atoms with Crippen LogP contribution in [0.5, 0.6) is 0 Å². The predicted octanol–water partition coefficient (Wildman–Crippen LogP) is 3.22. The number of rotatable bonds is 3. The van der Waals surface area contributed by atoms with Crippen molar-refractivity contribution in [3.63, 3.8) is 0 Å². The van der Waals surface area contributed by atoms with Crippen molar-refractivity contribution >= 4 is 34.6 Å². The monoisotopic (exact) mass is 352 g/mol. The Morgan fingerprint density at radius 1 is 0.913 bits per heavy atom. The highest BCUT2D eigenvalue weighted by molar-refractivity contribution is 7.15. The molecule has 0 spiro atoms. The number of hydrogen-bond donors (Lipinski definition) is 0. The Labute approximate surface area is 141 Å². The lowest BCUT2D eigenvalue weighted by Gasteiger charge is -2.13. The Bertz CT molecular complexity index is 696. The molecule has 0 aromatic carbocycles. The number of carbonyl (C=O) groups excluding carboxylic acids is 2. The largest absolute Gasteiger partial charge is 0.465 e. The summed E-state index contributed by atoms with van der Waals surface area (Å²) in [5.74, 6) is -0.667. The van der Waals surface area contributed by atoms with Gasteiger partial charge in [-0.15, -0.1) is 22.7 Å². The summed E-state index contributed by atoms with van der Waals surface area (Å²) in [6.07, 6.45) is 1.33. The van der Waals surface area contributed by atoms with Crippen LogP contribution < -0.4 is 0 Å². The van der Waals surface area contributed by atoms with Crippen molar-refractivity contribution in [1.82, 2.24) is 0 Å². The second kappa shape index (κ2) is 6.43. The summed E-state index contributed by atoms with van der Waals surface area (Å²) >= 11 is 2.78. The van der Waals surface area contributed by atoms with Gasteiger partial charge >= 0.3 is 11.9 Å². The molecule has 0 bridgehead atoms. The molecule has 1 aliphatic rings. The Morgan fingerprint density at radius 2 is 1.35 bits per heavy atom. The van der Waals surface area contributed by atoms with E-state index in [0.29, 0.717) is 9.75 Å². The third kappa shape index (κ3) is 2.80. The van der Waals surface area contributed by atoms with Crippen LogP contribution in [0.1, 0.15) is 46.3 Å². The van der Waals surface area contributed by atoms with Crippen LogP contribution in [0.3, 0.4) is 0 Å². The first-order valence-electron chi connectivity index (χ1n) is 7.03. The highest BCUT2D eigenvalue weighted by atomic mass is 32.1. The average Bonchev–Trinajstić information content (AvgIpc) is 3.15. The molecule has 0 radical (unpaired) electrons. The Hall–Kier alpha value is -1.70. The van der Waals surface area contributed by atoms with Gasteiger partial charge in [0.15, 0.2) is 0 Å². The van der Waals surface area contributed by atoms with Gasteiger partial charge in [0.05, 0.1) is 14.2 Å². The van der Waals surface area contributed by atoms with E-state index in [4.69, 9.17) is 14.2 Å². The third-order valence-corrected chi connectivity index (χ3v) is 6.23. The summed E-state index contributed by atoms with van der Waals surface area (Å²) in [6.45, 7) is 0. The van der Waals surface area contributed by atoms with Crippen LogP contribution in [-0.2, 0) is 27.1 Å². The second-order valence-corrected chi connectivity index (χ2v) is 7.27. The minimum atomic E-state index is -0.334. The van der Waals surface area contributed by atoms with Crippen LogP contribution in [0.25, 0.3) is 0 Å². The van der Waals surface area contributed by atoms with Gasteiger partial charge in [-0.25, -0.2) is 9.59 Å². The van der Waals surface area contributed by atoms with E-state index in [-0.39, 0.29) is 18.0 Å². The zero-order valence-electron chi connectivity index (χ0n) is 13.0. The maximum absolute atomic E-state index is 11.8. The van der Waals surface area contributed by atoms with Gasteiger partial charge in [-0.2, -0.15) is 0 Å². The van der Waals surface area contributed by atoms with Crippen molar-refractivity contribution in [3.05, 3.63) is 42.8 Å². The molecule has 2 aromatic heterocycles. The molecule has 122 valence electrons. The Morgan fingerprint density at radius 3 is 1.70 bits per heavy atom. The van der Waals surface area contributed by atoms with Gasteiger partial charge in [0, 0.05) is 16.9 Å². The average molecular weight is 352 g/mol. The third-order valence-electron chi connectivity index (χ3n) is 3.83. The van der Waals surface area contributed by atoms with Gasteiger partial charge in [-0.1, -0.05) is 0 Å². The Kier molecular flexibility index (Phi) is 4.52. The molecule has 2 heterocycles. The summed E-state index contributed by atoms with van der Waals surface area (Å²) < 4.78 is 15.3. The smallest absolute Gasteiger partial charge is 0.348 e. The van der Waals surface area contributed by atoms with Crippen molar-refractivity contribution in [2.75, 3.05) is 21.3 Å². The van der Waals surface area contributed by atoms with Gasteiger partial charge in [-0.05, 0) is 36.1 Å². The number of methoxy groups -OCH3 is 3. The highest BCUT2D eigenvalue weighted by Gasteiger charge is 2.30. The van der Waals surface area contributed by atoms with Crippen molar-refractivity contribution in [3.8, 4) is 0 Å². The molecule has 1 aliphatic carbocycles. The van der Waals surface area contributed by atoms with Gasteiger partial charge in [-0.3, -0.25) is 0 Å². The molecule has 7 heteroatoms. The molecule has 0 aliphatic heterocycles. The minimum absolute atomic E-state index is 0.269. The van der Waals surface area contributed by atoms with E-state index in [2.05, 4.69) is 0 Å². The standard InChI is InChI=1S/C16H16O5S2/c1-19-12-13-8(6-10(22-13)15(17)20-2)4-5-9-7-11(16(18)21-3)23-14(9)12/h6-7,12H,4-5H2,1-3H3. The lowest BCUT2D eigenvalue weighted by atomic mass is 10.1. The molecule has 0 unspecified atom stereocenters. The molecule has 23 heavy (non-hydrogen) atoms. The zero-order valence-corrected chi connectivity index (χ0v) is 14.6. The zero-order chi connectivity index (χ0) is 16.6. The van der Waals surface area contributed by atoms with Crippen LogP contribution in [-0.4, -0.2) is 33.3 Å². The first-order chi connectivity index (χ1) is 11.1. The molecular formula is C16H16O5S2. The number of aryl methyl sites for hydroxylation is 2. The number of esters is 2. The van der Waals surface area contributed by atoms with E-state index in [9.17, 15) is 9.59 Å². The Balaban J connectivity index is 2.05. The topological polar surface area (TPSA) is 61.8 Å². The maximum atomic E-state index is 11.8. The quantitative estimate of drug-likeness (QED) is 0.794. The second-order valence-electron chi connectivity index (χ2n) is 5.10. The van der Waals surface area contributed by atoms with E-state index in [1.807, 2.05) is 12.1 Å². The van der Waals surface area contributed by atoms with Gasteiger partial charge < -0.3 is 14.2 Å². The first-order valence-corrected chi connectivity index (χ1v) is 8.67. The maximum Gasteiger partial charge on any atom is 0.348 e. The first kappa shape index (κ1) is 16.2. The van der Waals surface area contributed by atoms with Crippen LogP contribution >= 0.6 is 22.7 Å². The van der Waals surface area contributed by atoms with Gasteiger partial charge in [0.2, 0.25) is 0 Å². The van der Waals surface area contributed by atoms with Crippen LogP contribution in [0.2, 0.25) is 0 Å². The molecule has 0 N–H and O–H groups in total. The number of hydrogen-bond acceptors (Lipinski definition) is 7. The SMILES string of the molecule is COC(=O)c1cc2c(s1)C(OC)c1sc(C(=O)OC)cc1CC2. The fourth-order valence-electron chi connectivity index (χ4n) is 2.73. The predicted molar refractivity (Wildman–Crippen MR) is 87.6 cm³/mol. The minimum Gasteiger partial charge on any atom is -0.465 e. The van der Waals surface area contributed by atoms with E-state index in [0.717, 1.165) is 33.7 Å². The normalized spacial score (nSPS) is 13.9. The van der Waals surface area contributed by atoms with Crippen LogP contribution in [0.15, 0.2) is 12.1 Å². The summed E-state index contributed by atoms with van der Waals surface area (Å²) in [6, 6.07) is 3.77. The highest BCUT2D eigenvalue weighted by Crippen LogP contribution is 2.43. The van der Waals surface area contributed by atoms with Gasteiger partial charge in [0.25, 0.3) is 0 Å². The fraction of sp³-hybridized carbons (Fsp3) is 0.375. The number of ether oxygens (including phenoxy) is 3. The van der Waals surface area contributed by atoms with Gasteiger partial charge in [0.1, 0.15) is 15.9 Å². The molecular weight excluding hydrogens is 336 g/mol.